The minimum Gasteiger partial charge on any atom is -0.756 e. The summed E-state index contributed by atoms with van der Waals surface area (Å²) in [6.45, 7) is 4.01. The van der Waals surface area contributed by atoms with Gasteiger partial charge in [-0.25, -0.2) is 0 Å². The van der Waals surface area contributed by atoms with Crippen molar-refractivity contribution >= 4 is 19.8 Å². The van der Waals surface area contributed by atoms with Crippen molar-refractivity contribution in [3.05, 3.63) is 207 Å². The van der Waals surface area contributed by atoms with Gasteiger partial charge in [0.15, 0.2) is 6.10 Å². The third-order valence-electron chi connectivity index (χ3n) is 16.8. The van der Waals surface area contributed by atoms with Gasteiger partial charge in [-0.05, 0) is 148 Å². The minimum atomic E-state index is -4.66. The molecule has 0 aliphatic heterocycles. The van der Waals surface area contributed by atoms with Gasteiger partial charge in [0, 0.05) is 12.8 Å². The molecule has 2 atom stereocenters. The highest BCUT2D eigenvalue weighted by atomic mass is 31.2. The molecular weight excluding hydrogens is 1280 g/mol. The van der Waals surface area contributed by atoms with Gasteiger partial charge in [-0.2, -0.15) is 0 Å². The molecule has 0 amide bonds. The van der Waals surface area contributed by atoms with Crippen LogP contribution in [0.3, 0.4) is 0 Å². The van der Waals surface area contributed by atoms with E-state index in [-0.39, 0.29) is 32.0 Å². The highest BCUT2D eigenvalue weighted by Gasteiger charge is 2.22. The molecule has 0 aromatic rings. The lowest BCUT2D eigenvalue weighted by atomic mass is 10.0. The number of quaternary nitrogens is 1. The van der Waals surface area contributed by atoms with Gasteiger partial charge in [0.25, 0.3) is 7.82 Å². The molecular formula is C92H150NO8P. The summed E-state index contributed by atoms with van der Waals surface area (Å²) >= 11 is 0. The molecule has 9 nitrogen and oxygen atoms in total. The van der Waals surface area contributed by atoms with Gasteiger partial charge in [0.2, 0.25) is 0 Å². The largest absolute Gasteiger partial charge is 0.756 e. The number of esters is 2. The molecule has 0 spiro atoms. The lowest BCUT2D eigenvalue weighted by Crippen LogP contribution is -2.37. The molecule has 0 aromatic carbocycles. The van der Waals surface area contributed by atoms with Crippen molar-refractivity contribution in [2.45, 2.75) is 315 Å². The van der Waals surface area contributed by atoms with Crippen LogP contribution in [0.2, 0.25) is 0 Å². The number of carbonyl (C=O) groups excluding carboxylic acids is 2. The van der Waals surface area contributed by atoms with E-state index in [0.29, 0.717) is 17.4 Å². The maximum atomic E-state index is 12.9. The quantitative estimate of drug-likeness (QED) is 0.0195. The van der Waals surface area contributed by atoms with Crippen LogP contribution in [-0.2, 0) is 32.7 Å². The molecule has 10 heteroatoms. The Hall–Kier alpha value is -5.41. The van der Waals surface area contributed by atoms with Gasteiger partial charge in [-0.3, -0.25) is 14.2 Å². The number of nitrogens with zero attached hydrogens (tertiary/aromatic N) is 1. The van der Waals surface area contributed by atoms with E-state index in [2.05, 4.69) is 220 Å². The number of allylic oxidation sites excluding steroid dienone is 34. The van der Waals surface area contributed by atoms with Crippen molar-refractivity contribution in [2.24, 2.45) is 0 Å². The first-order chi connectivity index (χ1) is 50.0. The van der Waals surface area contributed by atoms with Crippen molar-refractivity contribution in [3.63, 3.8) is 0 Å². The SMILES string of the molecule is CC/C=C\C/C=C\C/C=C\C/C=C\C/C=C\C/C=C\C/C=C\C/C=C\C/C=C\C/C=C\CCCCCCCCCCCCC(=O)OC(COC(=O)CCCCCCCCCCCCCCCCC/C=C\C/C=C\C/C=C\C/C=C\C/C=C\C/C=C\C/C=C\CC)COP(=O)([O-])OCC[N+](C)(C)C. The number of hydrogen-bond acceptors (Lipinski definition) is 8. The number of unbranched alkanes of at least 4 members (excludes halogenated alkanes) is 25. The van der Waals surface area contributed by atoms with E-state index < -0.39 is 26.5 Å². The molecule has 576 valence electrons. The second kappa shape index (κ2) is 79.7. The standard InChI is InChI=1S/C92H150NO8P/c1-6-8-10-12-14-16-18-20-22-24-26-28-30-32-34-36-38-40-42-44-45-46-47-49-51-53-55-57-59-61-63-65-67-69-71-73-75-77-79-81-83-85-92(95)101-90(89-100-102(96,97)99-87-86-93(3,4)5)88-98-91(94)84-82-80-78-76-74-72-70-68-66-64-62-60-58-56-54-52-50-48-43-41-39-37-35-33-31-29-27-25-23-21-19-17-15-13-11-9-7-2/h8-11,14-17,20-23,26-29,32-35,38-41,44-45,47-50,53,55,59,61,90H,6-7,12-13,18-19,24-25,30-31,36-37,42-43,46,51-52,54,56-58,60,62-89H2,1-5H3/b10-8-,11-9-,16-14-,17-15-,22-20-,23-21-,28-26-,29-27-,34-32-,35-33-,40-38-,41-39-,45-44-,49-47-,50-48-,55-53-,61-59-. The van der Waals surface area contributed by atoms with E-state index >= 15 is 0 Å². The molecule has 0 radical (unpaired) electrons. The third kappa shape index (κ3) is 83.5. The number of likely N-dealkylation sites (N-methyl/N-ethyl adjacent to an activating group) is 1. The maximum Gasteiger partial charge on any atom is 0.306 e. The predicted molar refractivity (Wildman–Crippen MR) is 442 cm³/mol. The van der Waals surface area contributed by atoms with Crippen molar-refractivity contribution in [1.29, 1.82) is 0 Å². The summed E-state index contributed by atoms with van der Waals surface area (Å²) < 4.78 is 34.4. The summed E-state index contributed by atoms with van der Waals surface area (Å²) in [5.41, 5.74) is 0. The Kier molecular flexibility index (Phi) is 75.5. The number of phosphoric acid groups is 1. The molecule has 0 rings (SSSR count). The lowest BCUT2D eigenvalue weighted by molar-refractivity contribution is -0.870. The summed E-state index contributed by atoms with van der Waals surface area (Å²) in [5, 5.41) is 0. The zero-order valence-electron chi connectivity index (χ0n) is 65.7. The zero-order chi connectivity index (χ0) is 74.0. The molecule has 102 heavy (non-hydrogen) atoms. The molecule has 0 aliphatic carbocycles. The molecule has 0 aromatic heterocycles. The first-order valence-electron chi connectivity index (χ1n) is 40.8. The monoisotopic (exact) mass is 1430 g/mol. The van der Waals surface area contributed by atoms with Crippen LogP contribution in [0.15, 0.2) is 207 Å². The Morgan fingerprint density at radius 2 is 0.529 bits per heavy atom. The average molecular weight is 1430 g/mol. The molecule has 0 heterocycles. The second-order valence-corrected chi connectivity index (χ2v) is 29.1. The molecule has 2 unspecified atom stereocenters. The van der Waals surface area contributed by atoms with Crippen LogP contribution in [-0.4, -0.2) is 70.0 Å². The minimum absolute atomic E-state index is 0.0402. The molecule has 0 saturated heterocycles. The van der Waals surface area contributed by atoms with Crippen molar-refractivity contribution in [1.82, 2.24) is 0 Å². The van der Waals surface area contributed by atoms with Crippen LogP contribution >= 0.6 is 7.82 Å². The average Bonchev–Trinajstić information content (AvgIpc) is 0.916. The topological polar surface area (TPSA) is 111 Å². The van der Waals surface area contributed by atoms with Gasteiger partial charge in [-0.15, -0.1) is 0 Å². The predicted octanol–water partition coefficient (Wildman–Crippen LogP) is 27.1. The van der Waals surface area contributed by atoms with Gasteiger partial charge >= 0.3 is 11.9 Å². The smallest absolute Gasteiger partial charge is 0.306 e. The summed E-state index contributed by atoms with van der Waals surface area (Å²) in [6.07, 6.45) is 125. The van der Waals surface area contributed by atoms with E-state index in [1.807, 2.05) is 21.1 Å². The highest BCUT2D eigenvalue weighted by molar-refractivity contribution is 7.45. The van der Waals surface area contributed by atoms with Crippen LogP contribution < -0.4 is 4.89 Å². The Labute approximate surface area is 627 Å². The Balaban J connectivity index is 4.05. The Bertz CT molecular complexity index is 2480. The van der Waals surface area contributed by atoms with Gasteiger partial charge in [0.1, 0.15) is 19.8 Å². The molecule has 0 fully saturated rings. The zero-order valence-corrected chi connectivity index (χ0v) is 66.6. The van der Waals surface area contributed by atoms with Gasteiger partial charge in [-0.1, -0.05) is 355 Å². The summed E-state index contributed by atoms with van der Waals surface area (Å²) in [6, 6.07) is 0. The van der Waals surface area contributed by atoms with Crippen LogP contribution in [0.4, 0.5) is 0 Å². The summed E-state index contributed by atoms with van der Waals surface area (Å²) in [5.74, 6) is -0.843. The van der Waals surface area contributed by atoms with E-state index in [4.69, 9.17) is 18.5 Å². The van der Waals surface area contributed by atoms with Crippen LogP contribution in [0, 0.1) is 0 Å². The number of phosphoric ester groups is 1. The van der Waals surface area contributed by atoms with E-state index in [1.54, 1.807) is 0 Å². The van der Waals surface area contributed by atoms with Crippen molar-refractivity contribution < 1.29 is 42.1 Å². The molecule has 0 bridgehead atoms. The van der Waals surface area contributed by atoms with E-state index in [9.17, 15) is 19.0 Å². The fraction of sp³-hybridized carbons (Fsp3) is 0.609. The second-order valence-electron chi connectivity index (χ2n) is 27.7. The lowest BCUT2D eigenvalue weighted by Gasteiger charge is -2.28. The first-order valence-corrected chi connectivity index (χ1v) is 42.3. The normalized spacial score (nSPS) is 14.1. The van der Waals surface area contributed by atoms with Crippen LogP contribution in [0.25, 0.3) is 0 Å². The highest BCUT2D eigenvalue weighted by Crippen LogP contribution is 2.38. The summed E-state index contributed by atoms with van der Waals surface area (Å²) in [7, 11) is 1.15. The van der Waals surface area contributed by atoms with Gasteiger partial charge in [0.05, 0.1) is 27.7 Å². The Morgan fingerprint density at radius 1 is 0.304 bits per heavy atom. The van der Waals surface area contributed by atoms with Crippen molar-refractivity contribution in [2.75, 3.05) is 47.5 Å². The maximum absolute atomic E-state index is 12.9. The van der Waals surface area contributed by atoms with E-state index in [0.717, 1.165) is 154 Å². The van der Waals surface area contributed by atoms with Gasteiger partial charge < -0.3 is 27.9 Å². The van der Waals surface area contributed by atoms with E-state index in [1.165, 1.54) is 122 Å². The molecule has 0 aliphatic rings. The number of rotatable bonds is 73. The first kappa shape index (κ1) is 96.6. The van der Waals surface area contributed by atoms with Crippen LogP contribution in [0.5, 0.6) is 0 Å². The third-order valence-corrected chi connectivity index (χ3v) is 17.8. The number of hydrogen-bond donors (Lipinski definition) is 0. The molecule has 0 saturated carbocycles. The number of ether oxygens (including phenoxy) is 2. The van der Waals surface area contributed by atoms with Crippen molar-refractivity contribution in [3.8, 4) is 0 Å². The molecule has 0 N–H and O–H groups in total. The van der Waals surface area contributed by atoms with Crippen LogP contribution in [0.1, 0.15) is 309 Å². The fourth-order valence-corrected chi connectivity index (χ4v) is 11.4. The number of carbonyl (C=O) groups is 2. The Morgan fingerprint density at radius 3 is 0.784 bits per heavy atom. The summed E-state index contributed by atoms with van der Waals surface area (Å²) in [4.78, 5) is 38.2. The fourth-order valence-electron chi connectivity index (χ4n) is 10.7.